The zero-order chi connectivity index (χ0) is 12.1. The van der Waals surface area contributed by atoms with E-state index in [1.54, 1.807) is 18.2 Å². The van der Waals surface area contributed by atoms with Crippen molar-refractivity contribution in [3.63, 3.8) is 0 Å². The molecule has 0 saturated heterocycles. The standard InChI is InChI=1S/C12H16N2O3/c1-13-4-5-14-12(15)9-2-3-10-11(8-9)17-7-6-16-10/h2-3,8,13H,4-7H2,1H3,(H,14,15). The van der Waals surface area contributed by atoms with Gasteiger partial charge in [0.25, 0.3) is 5.91 Å². The smallest absolute Gasteiger partial charge is 0.251 e. The van der Waals surface area contributed by atoms with Gasteiger partial charge < -0.3 is 20.1 Å². The van der Waals surface area contributed by atoms with Crippen molar-refractivity contribution >= 4 is 5.91 Å². The highest BCUT2D eigenvalue weighted by Crippen LogP contribution is 2.30. The van der Waals surface area contributed by atoms with Crippen LogP contribution in [0.25, 0.3) is 0 Å². The quantitative estimate of drug-likeness (QED) is 0.743. The number of likely N-dealkylation sites (N-methyl/N-ethyl adjacent to an activating group) is 1. The molecule has 0 radical (unpaired) electrons. The third kappa shape index (κ3) is 2.88. The summed E-state index contributed by atoms with van der Waals surface area (Å²) in [4.78, 5) is 11.8. The number of nitrogens with one attached hydrogen (secondary N) is 2. The molecular formula is C12H16N2O3. The SMILES string of the molecule is CNCCNC(=O)c1ccc2c(c1)OCCO2. The highest BCUT2D eigenvalue weighted by molar-refractivity contribution is 5.94. The Balaban J connectivity index is 2.03. The summed E-state index contributed by atoms with van der Waals surface area (Å²) in [5.74, 6) is 1.23. The predicted molar refractivity (Wildman–Crippen MR) is 63.7 cm³/mol. The second-order valence-corrected chi connectivity index (χ2v) is 3.72. The van der Waals surface area contributed by atoms with Crippen LogP contribution in [0.1, 0.15) is 10.4 Å². The average molecular weight is 236 g/mol. The molecule has 1 aliphatic heterocycles. The van der Waals surface area contributed by atoms with E-state index in [0.717, 1.165) is 6.54 Å². The molecule has 5 nitrogen and oxygen atoms in total. The molecule has 92 valence electrons. The Morgan fingerprint density at radius 2 is 2.00 bits per heavy atom. The number of carbonyl (C=O) groups excluding carboxylic acids is 1. The van der Waals surface area contributed by atoms with E-state index in [-0.39, 0.29) is 5.91 Å². The lowest BCUT2D eigenvalue weighted by molar-refractivity contribution is 0.0953. The van der Waals surface area contributed by atoms with Crippen LogP contribution in [-0.4, -0.2) is 39.3 Å². The number of benzene rings is 1. The highest BCUT2D eigenvalue weighted by Gasteiger charge is 2.14. The molecular weight excluding hydrogens is 220 g/mol. The summed E-state index contributed by atoms with van der Waals surface area (Å²) in [5.41, 5.74) is 0.588. The zero-order valence-electron chi connectivity index (χ0n) is 9.79. The second kappa shape index (κ2) is 5.54. The summed E-state index contributed by atoms with van der Waals surface area (Å²) in [6.07, 6.45) is 0. The predicted octanol–water partition coefficient (Wildman–Crippen LogP) is 0.407. The Morgan fingerprint density at radius 1 is 1.24 bits per heavy atom. The maximum Gasteiger partial charge on any atom is 0.251 e. The first-order valence-electron chi connectivity index (χ1n) is 5.63. The molecule has 0 fully saturated rings. The number of carbonyl (C=O) groups is 1. The van der Waals surface area contributed by atoms with Crippen molar-refractivity contribution < 1.29 is 14.3 Å². The van der Waals surface area contributed by atoms with Crippen molar-refractivity contribution in [2.45, 2.75) is 0 Å². The summed E-state index contributed by atoms with van der Waals surface area (Å²) >= 11 is 0. The van der Waals surface area contributed by atoms with Crippen LogP contribution >= 0.6 is 0 Å². The molecule has 0 spiro atoms. The molecule has 5 heteroatoms. The van der Waals surface area contributed by atoms with E-state index in [1.807, 2.05) is 7.05 Å². The van der Waals surface area contributed by atoms with E-state index in [2.05, 4.69) is 10.6 Å². The highest BCUT2D eigenvalue weighted by atomic mass is 16.6. The van der Waals surface area contributed by atoms with Crippen LogP contribution in [-0.2, 0) is 0 Å². The van der Waals surface area contributed by atoms with Crippen LogP contribution in [0.2, 0.25) is 0 Å². The molecule has 1 heterocycles. The lowest BCUT2D eigenvalue weighted by Crippen LogP contribution is -2.30. The van der Waals surface area contributed by atoms with Crippen LogP contribution < -0.4 is 20.1 Å². The molecule has 0 aromatic heterocycles. The van der Waals surface area contributed by atoms with Gasteiger partial charge in [-0.3, -0.25) is 4.79 Å². The van der Waals surface area contributed by atoms with Gasteiger partial charge in [0.2, 0.25) is 0 Å². The van der Waals surface area contributed by atoms with Crippen LogP contribution in [0, 0.1) is 0 Å². The van der Waals surface area contributed by atoms with Crippen molar-refractivity contribution in [1.82, 2.24) is 10.6 Å². The number of amides is 1. The Kier molecular flexibility index (Phi) is 3.82. The normalized spacial score (nSPS) is 13.2. The number of fused-ring (bicyclic) bond motifs is 1. The van der Waals surface area contributed by atoms with E-state index in [4.69, 9.17) is 9.47 Å². The van der Waals surface area contributed by atoms with Crippen molar-refractivity contribution in [3.05, 3.63) is 23.8 Å². The van der Waals surface area contributed by atoms with E-state index >= 15 is 0 Å². The zero-order valence-corrected chi connectivity index (χ0v) is 9.79. The molecule has 17 heavy (non-hydrogen) atoms. The topological polar surface area (TPSA) is 59.6 Å². The van der Waals surface area contributed by atoms with Crippen LogP contribution in [0.3, 0.4) is 0 Å². The largest absolute Gasteiger partial charge is 0.486 e. The molecule has 2 N–H and O–H groups in total. The summed E-state index contributed by atoms with van der Waals surface area (Å²) in [5, 5.41) is 5.77. The third-order valence-corrected chi connectivity index (χ3v) is 2.46. The van der Waals surface area contributed by atoms with E-state index in [1.165, 1.54) is 0 Å². The fourth-order valence-electron chi connectivity index (χ4n) is 1.59. The van der Waals surface area contributed by atoms with E-state index in [0.29, 0.717) is 36.8 Å². The van der Waals surface area contributed by atoms with Crippen molar-refractivity contribution in [1.29, 1.82) is 0 Å². The average Bonchev–Trinajstić information content (AvgIpc) is 2.38. The van der Waals surface area contributed by atoms with E-state index in [9.17, 15) is 4.79 Å². The van der Waals surface area contributed by atoms with Gasteiger partial charge in [-0.25, -0.2) is 0 Å². The minimum Gasteiger partial charge on any atom is -0.486 e. The molecule has 1 aromatic carbocycles. The molecule has 2 rings (SSSR count). The molecule has 0 aliphatic carbocycles. The second-order valence-electron chi connectivity index (χ2n) is 3.72. The van der Waals surface area contributed by atoms with Gasteiger partial charge in [-0.2, -0.15) is 0 Å². The van der Waals surface area contributed by atoms with Crippen LogP contribution in [0.4, 0.5) is 0 Å². The number of ether oxygens (including phenoxy) is 2. The first-order valence-corrected chi connectivity index (χ1v) is 5.63. The van der Waals surface area contributed by atoms with Gasteiger partial charge in [-0.15, -0.1) is 0 Å². The minimum atomic E-state index is -0.0998. The van der Waals surface area contributed by atoms with Gasteiger partial charge in [-0.1, -0.05) is 0 Å². The number of hydrogen-bond acceptors (Lipinski definition) is 4. The van der Waals surface area contributed by atoms with Gasteiger partial charge in [0.1, 0.15) is 13.2 Å². The lowest BCUT2D eigenvalue weighted by atomic mass is 10.2. The van der Waals surface area contributed by atoms with Gasteiger partial charge in [-0.05, 0) is 25.2 Å². The first kappa shape index (κ1) is 11.7. The summed E-state index contributed by atoms with van der Waals surface area (Å²) in [7, 11) is 1.84. The molecule has 1 amide bonds. The third-order valence-electron chi connectivity index (χ3n) is 2.46. The van der Waals surface area contributed by atoms with Crippen LogP contribution in [0.15, 0.2) is 18.2 Å². The molecule has 1 aromatic rings. The van der Waals surface area contributed by atoms with Crippen molar-refractivity contribution in [2.24, 2.45) is 0 Å². The maximum absolute atomic E-state index is 11.8. The van der Waals surface area contributed by atoms with Gasteiger partial charge in [0, 0.05) is 18.7 Å². The van der Waals surface area contributed by atoms with Crippen molar-refractivity contribution in [3.8, 4) is 11.5 Å². The monoisotopic (exact) mass is 236 g/mol. The molecule has 0 atom stereocenters. The molecule has 0 saturated carbocycles. The number of hydrogen-bond donors (Lipinski definition) is 2. The Bertz CT molecular complexity index is 407. The summed E-state index contributed by atoms with van der Waals surface area (Å²) in [6, 6.07) is 5.22. The van der Waals surface area contributed by atoms with E-state index < -0.39 is 0 Å². The first-order chi connectivity index (χ1) is 8.31. The molecule has 0 bridgehead atoms. The Hall–Kier alpha value is -1.75. The number of rotatable bonds is 4. The van der Waals surface area contributed by atoms with Crippen molar-refractivity contribution in [2.75, 3.05) is 33.4 Å². The minimum absolute atomic E-state index is 0.0998. The maximum atomic E-state index is 11.8. The lowest BCUT2D eigenvalue weighted by Gasteiger charge is -2.18. The van der Waals surface area contributed by atoms with Gasteiger partial charge in [0.05, 0.1) is 0 Å². The Morgan fingerprint density at radius 3 is 2.76 bits per heavy atom. The fraction of sp³-hybridized carbons (Fsp3) is 0.417. The fourth-order valence-corrected chi connectivity index (χ4v) is 1.59. The molecule has 1 aliphatic rings. The van der Waals surface area contributed by atoms with Gasteiger partial charge in [0.15, 0.2) is 11.5 Å². The molecule has 0 unspecified atom stereocenters. The van der Waals surface area contributed by atoms with Crippen LogP contribution in [0.5, 0.6) is 11.5 Å². The van der Waals surface area contributed by atoms with Gasteiger partial charge >= 0.3 is 0 Å². The summed E-state index contributed by atoms with van der Waals surface area (Å²) in [6.45, 7) is 2.43. The summed E-state index contributed by atoms with van der Waals surface area (Å²) < 4.78 is 10.8. The Labute approximate surface area is 100 Å².